The number of hydrogen-bond acceptors (Lipinski definition) is 3. The summed E-state index contributed by atoms with van der Waals surface area (Å²) in [5.74, 6) is 0.686. The van der Waals surface area contributed by atoms with E-state index in [-0.39, 0.29) is 5.41 Å². The highest BCUT2D eigenvalue weighted by Gasteiger charge is 2.38. The van der Waals surface area contributed by atoms with E-state index in [2.05, 4.69) is 44.6 Å². The molecule has 2 rings (SSSR count). The molecule has 1 aromatic carbocycles. The molecule has 0 spiro atoms. The zero-order valence-electron chi connectivity index (χ0n) is 15.6. The second-order valence-corrected chi connectivity index (χ2v) is 9.29. The summed E-state index contributed by atoms with van der Waals surface area (Å²) in [7, 11) is -1.53. The Morgan fingerprint density at radius 1 is 1.20 bits per heavy atom. The van der Waals surface area contributed by atoms with Gasteiger partial charge in [0.2, 0.25) is 10.0 Å². The molecule has 0 atom stereocenters. The molecule has 0 saturated heterocycles. The van der Waals surface area contributed by atoms with E-state index in [1.165, 1.54) is 31.1 Å². The van der Waals surface area contributed by atoms with Crippen molar-refractivity contribution >= 4 is 16.0 Å². The molecule has 0 unspecified atom stereocenters. The minimum absolute atomic E-state index is 0.166. The van der Waals surface area contributed by atoms with Crippen LogP contribution >= 0.6 is 0 Å². The van der Waals surface area contributed by atoms with Crippen molar-refractivity contribution in [2.24, 2.45) is 4.99 Å². The second kappa shape index (κ2) is 7.74. The van der Waals surface area contributed by atoms with Crippen LogP contribution in [0.15, 0.2) is 35.3 Å². The molecule has 140 valence electrons. The molecule has 25 heavy (non-hydrogen) atoms. The van der Waals surface area contributed by atoms with Gasteiger partial charge in [0, 0.05) is 31.1 Å². The monoisotopic (exact) mass is 366 g/mol. The van der Waals surface area contributed by atoms with Crippen LogP contribution in [0.4, 0.5) is 0 Å². The van der Waals surface area contributed by atoms with Crippen molar-refractivity contribution in [2.75, 3.05) is 26.4 Å². The Labute approximate surface area is 151 Å². The zero-order valence-corrected chi connectivity index (χ0v) is 16.4. The van der Waals surface area contributed by atoms with Gasteiger partial charge in [0.1, 0.15) is 0 Å². The molecule has 1 aliphatic rings. The van der Waals surface area contributed by atoms with Gasteiger partial charge in [0.15, 0.2) is 5.96 Å². The summed E-state index contributed by atoms with van der Waals surface area (Å²) in [6.45, 7) is 4.94. The van der Waals surface area contributed by atoms with Crippen LogP contribution in [-0.2, 0) is 15.4 Å². The lowest BCUT2D eigenvalue weighted by atomic mass is 9.64. The molecule has 0 aliphatic heterocycles. The molecule has 0 amide bonds. The Kier molecular flexibility index (Phi) is 6.11. The summed E-state index contributed by atoms with van der Waals surface area (Å²) < 4.78 is 25.5. The lowest BCUT2D eigenvalue weighted by Gasteiger charge is -2.43. The number of nitrogens with zero attached hydrogens (tertiary/aromatic N) is 1. The van der Waals surface area contributed by atoms with E-state index in [4.69, 9.17) is 0 Å². The van der Waals surface area contributed by atoms with E-state index in [1.807, 2.05) is 19.9 Å². The zero-order chi connectivity index (χ0) is 18.6. The first kappa shape index (κ1) is 19.7. The number of sulfonamides is 1. The molecule has 6 nitrogen and oxygen atoms in total. The predicted molar refractivity (Wildman–Crippen MR) is 103 cm³/mol. The first-order valence-electron chi connectivity index (χ1n) is 8.65. The Morgan fingerprint density at radius 3 is 2.32 bits per heavy atom. The van der Waals surface area contributed by atoms with Gasteiger partial charge < -0.3 is 10.6 Å². The predicted octanol–water partition coefficient (Wildman–Crippen LogP) is 1.60. The summed E-state index contributed by atoms with van der Waals surface area (Å²) >= 11 is 0. The lowest BCUT2D eigenvalue weighted by molar-refractivity contribution is 0.243. The molecule has 7 heteroatoms. The minimum Gasteiger partial charge on any atom is -0.356 e. The number of benzene rings is 1. The van der Waals surface area contributed by atoms with Crippen molar-refractivity contribution in [1.82, 2.24) is 15.4 Å². The quantitative estimate of drug-likeness (QED) is 0.506. The number of aliphatic imine (C=N–C) groups is 1. The van der Waals surface area contributed by atoms with Crippen LogP contribution in [-0.4, -0.2) is 46.3 Å². The molecule has 1 aromatic rings. The van der Waals surface area contributed by atoms with E-state index in [0.29, 0.717) is 12.5 Å². The molecule has 1 saturated carbocycles. The standard InChI is InChI=1S/C18H30N4O2S/c1-17(2,22-25(4,23)24)13-20-16(19-3)21-14-18(11-8-12-18)15-9-6-5-7-10-15/h5-7,9-10,22H,8,11-14H2,1-4H3,(H2,19,20,21). The topological polar surface area (TPSA) is 82.6 Å². The van der Waals surface area contributed by atoms with Crippen LogP contribution in [0.25, 0.3) is 0 Å². The maximum Gasteiger partial charge on any atom is 0.209 e. The third-order valence-electron chi connectivity index (χ3n) is 4.67. The van der Waals surface area contributed by atoms with Crippen molar-refractivity contribution < 1.29 is 8.42 Å². The highest BCUT2D eigenvalue weighted by atomic mass is 32.2. The third kappa shape index (κ3) is 5.71. The fraction of sp³-hybridized carbons (Fsp3) is 0.611. The Balaban J connectivity index is 1.92. The molecule has 0 bridgehead atoms. The number of hydrogen-bond donors (Lipinski definition) is 3. The molecule has 1 fully saturated rings. The first-order chi connectivity index (χ1) is 11.7. The molecule has 0 heterocycles. The molecule has 3 N–H and O–H groups in total. The molecular formula is C18H30N4O2S. The van der Waals surface area contributed by atoms with Gasteiger partial charge in [-0.25, -0.2) is 13.1 Å². The summed E-state index contributed by atoms with van der Waals surface area (Å²) in [6, 6.07) is 10.6. The van der Waals surface area contributed by atoms with Crippen LogP contribution < -0.4 is 15.4 Å². The fourth-order valence-electron chi connectivity index (χ4n) is 3.28. The Bertz CT molecular complexity index is 695. The van der Waals surface area contributed by atoms with E-state index >= 15 is 0 Å². The van der Waals surface area contributed by atoms with Crippen LogP contribution in [0, 0.1) is 0 Å². The van der Waals surface area contributed by atoms with Gasteiger partial charge in [-0.3, -0.25) is 4.99 Å². The Morgan fingerprint density at radius 2 is 1.84 bits per heavy atom. The normalized spacial score (nSPS) is 17.7. The van der Waals surface area contributed by atoms with Crippen molar-refractivity contribution in [1.29, 1.82) is 0 Å². The highest BCUT2D eigenvalue weighted by Crippen LogP contribution is 2.43. The minimum atomic E-state index is -3.25. The second-order valence-electron chi connectivity index (χ2n) is 7.54. The molecule has 1 aliphatic carbocycles. The molecule has 0 aromatic heterocycles. The average molecular weight is 367 g/mol. The van der Waals surface area contributed by atoms with Gasteiger partial charge >= 0.3 is 0 Å². The highest BCUT2D eigenvalue weighted by molar-refractivity contribution is 7.88. The average Bonchev–Trinajstić information content (AvgIpc) is 2.48. The van der Waals surface area contributed by atoms with Crippen LogP contribution in [0.2, 0.25) is 0 Å². The van der Waals surface area contributed by atoms with Gasteiger partial charge in [-0.1, -0.05) is 36.8 Å². The van der Waals surface area contributed by atoms with Crippen molar-refractivity contribution in [3.8, 4) is 0 Å². The third-order valence-corrected chi connectivity index (χ3v) is 5.60. The van der Waals surface area contributed by atoms with Crippen molar-refractivity contribution in [3.05, 3.63) is 35.9 Å². The molecular weight excluding hydrogens is 336 g/mol. The Hall–Kier alpha value is -1.60. The van der Waals surface area contributed by atoms with Gasteiger partial charge in [0.25, 0.3) is 0 Å². The smallest absolute Gasteiger partial charge is 0.209 e. The van der Waals surface area contributed by atoms with Gasteiger partial charge in [0.05, 0.1) is 6.26 Å². The first-order valence-corrected chi connectivity index (χ1v) is 10.5. The van der Waals surface area contributed by atoms with Gasteiger partial charge in [-0.2, -0.15) is 0 Å². The van der Waals surface area contributed by atoms with Crippen molar-refractivity contribution in [2.45, 2.75) is 44.1 Å². The summed E-state index contributed by atoms with van der Waals surface area (Å²) in [5.41, 5.74) is 0.932. The summed E-state index contributed by atoms with van der Waals surface area (Å²) in [4.78, 5) is 4.26. The molecule has 0 radical (unpaired) electrons. The number of nitrogens with one attached hydrogen (secondary N) is 3. The van der Waals surface area contributed by atoms with E-state index in [1.54, 1.807) is 7.05 Å². The van der Waals surface area contributed by atoms with Crippen molar-refractivity contribution in [3.63, 3.8) is 0 Å². The maximum atomic E-state index is 11.4. The van der Waals surface area contributed by atoms with E-state index in [9.17, 15) is 8.42 Å². The van der Waals surface area contributed by atoms with E-state index < -0.39 is 15.6 Å². The lowest BCUT2D eigenvalue weighted by Crippen LogP contribution is -2.54. The van der Waals surface area contributed by atoms with Gasteiger partial charge in [-0.15, -0.1) is 0 Å². The van der Waals surface area contributed by atoms with E-state index in [0.717, 1.165) is 6.54 Å². The summed E-state index contributed by atoms with van der Waals surface area (Å²) in [6.07, 6.45) is 4.75. The maximum absolute atomic E-state index is 11.4. The fourth-order valence-corrected chi connectivity index (χ4v) is 4.35. The largest absolute Gasteiger partial charge is 0.356 e. The summed E-state index contributed by atoms with van der Waals surface area (Å²) in [5, 5.41) is 6.62. The van der Waals surface area contributed by atoms with Crippen LogP contribution in [0.3, 0.4) is 0 Å². The number of rotatable bonds is 7. The van der Waals surface area contributed by atoms with Crippen LogP contribution in [0.5, 0.6) is 0 Å². The SMILES string of the molecule is CN=C(NCC(C)(C)NS(C)(=O)=O)NCC1(c2ccccc2)CCC1. The number of guanidine groups is 1. The van der Waals surface area contributed by atoms with Crippen LogP contribution in [0.1, 0.15) is 38.7 Å². The van der Waals surface area contributed by atoms with Gasteiger partial charge in [-0.05, 0) is 32.3 Å².